The maximum atomic E-state index is 12.8. The minimum absolute atomic E-state index is 0.0811. The van der Waals surface area contributed by atoms with E-state index in [1.807, 2.05) is 0 Å². The van der Waals surface area contributed by atoms with Gasteiger partial charge in [0.05, 0.1) is 5.56 Å². The van der Waals surface area contributed by atoms with E-state index in [1.54, 1.807) is 11.3 Å². The maximum absolute atomic E-state index is 12.8. The van der Waals surface area contributed by atoms with Gasteiger partial charge in [-0.15, -0.1) is 11.3 Å². The van der Waals surface area contributed by atoms with Crippen molar-refractivity contribution < 1.29 is 4.79 Å². The maximum Gasteiger partial charge on any atom is 0.252 e. The van der Waals surface area contributed by atoms with Gasteiger partial charge in [0.1, 0.15) is 0 Å². The molecule has 0 bridgehead atoms. The molecule has 4 rings (SSSR count). The van der Waals surface area contributed by atoms with Gasteiger partial charge in [0, 0.05) is 48.7 Å². The minimum atomic E-state index is 0.0811. The highest BCUT2D eigenvalue weighted by molar-refractivity contribution is 7.10. The van der Waals surface area contributed by atoms with E-state index in [4.69, 9.17) is 0 Å². The Hall–Kier alpha value is -1.85. The monoisotopic (exact) mass is 369 g/mol. The van der Waals surface area contributed by atoms with Gasteiger partial charge in [-0.3, -0.25) is 4.79 Å². The molecule has 5 heteroatoms. The number of likely N-dealkylation sites (N-methyl/N-ethyl adjacent to an activating group) is 1. The van der Waals surface area contributed by atoms with Crippen molar-refractivity contribution in [3.05, 3.63) is 51.2 Å². The average molecular weight is 370 g/mol. The number of rotatable bonds is 4. The van der Waals surface area contributed by atoms with Crippen molar-refractivity contribution in [3.63, 3.8) is 0 Å². The van der Waals surface area contributed by atoms with E-state index in [0.717, 1.165) is 44.6 Å². The number of aryl methyl sites for hydroxylation is 1. The molecular weight excluding hydrogens is 342 g/mol. The summed E-state index contributed by atoms with van der Waals surface area (Å²) in [6, 6.07) is 8.47. The van der Waals surface area contributed by atoms with Gasteiger partial charge in [-0.2, -0.15) is 0 Å². The quantitative estimate of drug-likeness (QED) is 0.898. The van der Waals surface area contributed by atoms with Crippen LogP contribution in [0.4, 0.5) is 5.69 Å². The summed E-state index contributed by atoms with van der Waals surface area (Å²) in [7, 11) is 2.17. The number of benzene rings is 1. The number of piperazine rings is 1. The Morgan fingerprint density at radius 1 is 1.12 bits per heavy atom. The second-order valence-electron chi connectivity index (χ2n) is 7.36. The second-order valence-corrected chi connectivity index (χ2v) is 8.32. The molecule has 1 fully saturated rings. The van der Waals surface area contributed by atoms with Crippen molar-refractivity contribution >= 4 is 22.9 Å². The highest BCUT2D eigenvalue weighted by Gasteiger charge is 2.21. The number of nitrogens with one attached hydrogen (secondary N) is 1. The van der Waals surface area contributed by atoms with Crippen molar-refractivity contribution in [3.8, 4) is 0 Å². The summed E-state index contributed by atoms with van der Waals surface area (Å²) in [6.07, 6.45) is 4.65. The molecule has 2 aliphatic rings. The summed E-state index contributed by atoms with van der Waals surface area (Å²) in [5, 5.41) is 5.22. The van der Waals surface area contributed by atoms with Crippen molar-refractivity contribution in [1.82, 2.24) is 10.2 Å². The van der Waals surface area contributed by atoms with E-state index in [0.29, 0.717) is 6.54 Å². The SMILES string of the molecule is CN1CCN(c2ccccc2CNC(=O)c2csc3c2CCCC3)CC1. The van der Waals surface area contributed by atoms with Crippen LogP contribution in [0.2, 0.25) is 0 Å². The number of carbonyl (C=O) groups excluding carboxylic acids is 1. The third kappa shape index (κ3) is 3.64. The number of carbonyl (C=O) groups is 1. The molecule has 2 heterocycles. The number of hydrogen-bond acceptors (Lipinski definition) is 4. The van der Waals surface area contributed by atoms with E-state index in [9.17, 15) is 4.79 Å². The first-order chi connectivity index (χ1) is 12.7. The van der Waals surface area contributed by atoms with Crippen LogP contribution in [-0.2, 0) is 19.4 Å². The lowest BCUT2D eigenvalue weighted by Crippen LogP contribution is -2.45. The first-order valence-corrected chi connectivity index (χ1v) is 10.5. The van der Waals surface area contributed by atoms with Gasteiger partial charge in [0.2, 0.25) is 0 Å². The zero-order valence-corrected chi connectivity index (χ0v) is 16.3. The number of fused-ring (bicyclic) bond motifs is 1. The molecule has 26 heavy (non-hydrogen) atoms. The van der Waals surface area contributed by atoms with Crippen LogP contribution in [0.1, 0.15) is 39.2 Å². The summed E-state index contributed by atoms with van der Waals surface area (Å²) in [5.74, 6) is 0.0811. The van der Waals surface area contributed by atoms with Gasteiger partial charge >= 0.3 is 0 Å². The molecule has 1 amide bonds. The molecule has 0 atom stereocenters. The van der Waals surface area contributed by atoms with E-state index >= 15 is 0 Å². The molecular formula is C21H27N3OS. The molecule has 0 spiro atoms. The Morgan fingerprint density at radius 3 is 2.73 bits per heavy atom. The lowest BCUT2D eigenvalue weighted by molar-refractivity contribution is 0.0950. The third-order valence-corrected chi connectivity index (χ3v) is 6.67. The van der Waals surface area contributed by atoms with Crippen LogP contribution >= 0.6 is 11.3 Å². The van der Waals surface area contributed by atoms with Crippen molar-refractivity contribution in [2.45, 2.75) is 32.2 Å². The zero-order chi connectivity index (χ0) is 17.9. The third-order valence-electron chi connectivity index (χ3n) is 5.58. The van der Waals surface area contributed by atoms with E-state index in [1.165, 1.54) is 34.5 Å². The molecule has 1 saturated heterocycles. The van der Waals surface area contributed by atoms with Gasteiger partial charge in [-0.1, -0.05) is 18.2 Å². The van der Waals surface area contributed by atoms with Crippen molar-refractivity contribution in [2.24, 2.45) is 0 Å². The van der Waals surface area contributed by atoms with Crippen LogP contribution in [0.5, 0.6) is 0 Å². The Labute approximate surface area is 159 Å². The first kappa shape index (κ1) is 17.6. The number of anilines is 1. The molecule has 1 aliphatic heterocycles. The van der Waals surface area contributed by atoms with Crippen LogP contribution in [0.15, 0.2) is 29.6 Å². The van der Waals surface area contributed by atoms with Crippen LogP contribution in [0.3, 0.4) is 0 Å². The van der Waals surface area contributed by atoms with Gasteiger partial charge in [-0.25, -0.2) is 0 Å². The fourth-order valence-electron chi connectivity index (χ4n) is 3.97. The van der Waals surface area contributed by atoms with E-state index < -0.39 is 0 Å². The van der Waals surface area contributed by atoms with E-state index in [2.05, 4.69) is 51.8 Å². The van der Waals surface area contributed by atoms with Gasteiger partial charge < -0.3 is 15.1 Å². The summed E-state index contributed by atoms with van der Waals surface area (Å²) < 4.78 is 0. The molecule has 1 aromatic carbocycles. The Kier molecular flexibility index (Phi) is 5.27. The van der Waals surface area contributed by atoms with Crippen LogP contribution < -0.4 is 10.2 Å². The Bertz CT molecular complexity index is 777. The second kappa shape index (κ2) is 7.80. The molecule has 0 saturated carbocycles. The predicted octanol–water partition coefficient (Wildman–Crippen LogP) is 3.31. The highest BCUT2D eigenvalue weighted by atomic mass is 32.1. The highest BCUT2D eigenvalue weighted by Crippen LogP contribution is 2.30. The number of amides is 1. The lowest BCUT2D eigenvalue weighted by atomic mass is 9.95. The average Bonchev–Trinajstić information content (AvgIpc) is 3.11. The summed E-state index contributed by atoms with van der Waals surface area (Å²) in [5.41, 5.74) is 4.66. The molecule has 4 nitrogen and oxygen atoms in total. The molecule has 2 aromatic rings. The Balaban J connectivity index is 1.45. The summed E-state index contributed by atoms with van der Waals surface area (Å²) >= 11 is 1.75. The van der Waals surface area contributed by atoms with E-state index in [-0.39, 0.29) is 5.91 Å². The molecule has 1 N–H and O–H groups in total. The first-order valence-electron chi connectivity index (χ1n) is 9.61. The van der Waals surface area contributed by atoms with Crippen LogP contribution in [-0.4, -0.2) is 44.0 Å². The zero-order valence-electron chi connectivity index (χ0n) is 15.5. The van der Waals surface area contributed by atoms with Gasteiger partial charge in [-0.05, 0) is 49.9 Å². The largest absolute Gasteiger partial charge is 0.369 e. The topological polar surface area (TPSA) is 35.6 Å². The van der Waals surface area contributed by atoms with Crippen molar-refractivity contribution in [2.75, 3.05) is 38.1 Å². The molecule has 1 aromatic heterocycles. The number of nitrogens with zero attached hydrogens (tertiary/aromatic N) is 2. The standard InChI is InChI=1S/C21H27N3OS/c1-23-10-12-24(13-11-23)19-8-4-2-6-16(19)14-22-21(25)18-15-26-20-9-5-3-7-17(18)20/h2,4,6,8,15H,3,5,7,9-14H2,1H3,(H,22,25). The molecule has 138 valence electrons. The van der Waals surface area contributed by atoms with Crippen LogP contribution in [0, 0.1) is 0 Å². The van der Waals surface area contributed by atoms with Gasteiger partial charge in [0.25, 0.3) is 5.91 Å². The number of para-hydroxylation sites is 1. The van der Waals surface area contributed by atoms with Crippen LogP contribution in [0.25, 0.3) is 0 Å². The molecule has 1 aliphatic carbocycles. The molecule has 0 radical (unpaired) electrons. The summed E-state index contributed by atoms with van der Waals surface area (Å²) in [4.78, 5) is 19.0. The predicted molar refractivity (Wildman–Crippen MR) is 108 cm³/mol. The van der Waals surface area contributed by atoms with Crippen molar-refractivity contribution in [1.29, 1.82) is 0 Å². The fraction of sp³-hybridized carbons (Fsp3) is 0.476. The Morgan fingerprint density at radius 2 is 1.88 bits per heavy atom. The summed E-state index contributed by atoms with van der Waals surface area (Å²) in [6.45, 7) is 4.84. The fourth-order valence-corrected chi connectivity index (χ4v) is 5.10. The lowest BCUT2D eigenvalue weighted by Gasteiger charge is -2.35. The number of hydrogen-bond donors (Lipinski definition) is 1. The smallest absolute Gasteiger partial charge is 0.252 e. The molecule has 0 unspecified atom stereocenters. The van der Waals surface area contributed by atoms with Gasteiger partial charge in [0.15, 0.2) is 0 Å². The number of thiophene rings is 1. The normalized spacial score (nSPS) is 17.8. The minimum Gasteiger partial charge on any atom is -0.369 e.